The molecule has 1 atom stereocenters. The molecule has 1 aliphatic heterocycles. The van der Waals surface area contributed by atoms with Gasteiger partial charge in [-0.3, -0.25) is 0 Å². The summed E-state index contributed by atoms with van der Waals surface area (Å²) in [5, 5.41) is 2.82. The third-order valence-corrected chi connectivity index (χ3v) is 6.07. The van der Waals surface area contributed by atoms with Crippen molar-refractivity contribution in [2.45, 2.75) is 25.3 Å². The van der Waals surface area contributed by atoms with Crippen molar-refractivity contribution >= 4 is 23.0 Å². The van der Waals surface area contributed by atoms with Crippen molar-refractivity contribution in [2.24, 2.45) is 0 Å². The molecule has 9 heteroatoms. The fourth-order valence-corrected chi connectivity index (χ4v) is 4.38. The number of nitrogens with one attached hydrogen (secondary N) is 1. The molecule has 3 heterocycles. The highest BCUT2D eigenvalue weighted by molar-refractivity contribution is 5.87. The first-order valence-corrected chi connectivity index (χ1v) is 11.1. The largest absolute Gasteiger partial charge is 0.349 e. The van der Waals surface area contributed by atoms with Crippen molar-refractivity contribution in [1.29, 1.82) is 0 Å². The Labute approximate surface area is 194 Å². The number of benzene rings is 2. The van der Waals surface area contributed by atoms with E-state index in [9.17, 15) is 18.0 Å². The number of anilines is 1. The van der Waals surface area contributed by atoms with Gasteiger partial charge in [0, 0.05) is 18.7 Å². The average Bonchev–Trinajstić information content (AvgIpc) is 3.49. The predicted molar refractivity (Wildman–Crippen MR) is 122 cm³/mol. The Kier molecular flexibility index (Phi) is 5.91. The van der Waals surface area contributed by atoms with Gasteiger partial charge in [0.05, 0.1) is 6.04 Å². The number of halogens is 3. The monoisotopic (exact) mass is 465 g/mol. The number of rotatable bonds is 5. The van der Waals surface area contributed by atoms with Gasteiger partial charge in [-0.05, 0) is 67.3 Å². The van der Waals surface area contributed by atoms with Crippen molar-refractivity contribution < 1.29 is 18.0 Å². The molecule has 0 radical (unpaired) electrons. The second-order valence-corrected chi connectivity index (χ2v) is 8.25. The van der Waals surface area contributed by atoms with Crippen molar-refractivity contribution in [3.8, 4) is 0 Å². The number of nitrogens with zero attached hydrogens (tertiary/aromatic N) is 4. The van der Waals surface area contributed by atoms with E-state index in [4.69, 9.17) is 0 Å². The minimum Gasteiger partial charge on any atom is -0.349 e. The molecule has 174 valence electrons. The summed E-state index contributed by atoms with van der Waals surface area (Å²) in [6, 6.07) is 12.4. The molecule has 2 aromatic carbocycles. The van der Waals surface area contributed by atoms with E-state index in [1.165, 1.54) is 29.1 Å². The number of aromatic nitrogens is 3. The van der Waals surface area contributed by atoms with E-state index in [0.717, 1.165) is 24.1 Å². The van der Waals surface area contributed by atoms with Crippen LogP contribution in [0.5, 0.6) is 0 Å². The number of carbonyl (C=O) groups is 1. The van der Waals surface area contributed by atoms with Crippen LogP contribution in [0.3, 0.4) is 0 Å². The zero-order chi connectivity index (χ0) is 23.7. The number of fused-ring (bicyclic) bond motifs is 1. The molecule has 1 amide bonds. The van der Waals surface area contributed by atoms with E-state index in [0.29, 0.717) is 48.5 Å². The van der Waals surface area contributed by atoms with Gasteiger partial charge >= 0.3 is 6.03 Å². The van der Waals surface area contributed by atoms with Gasteiger partial charge in [0.15, 0.2) is 5.65 Å². The van der Waals surface area contributed by atoms with E-state index in [1.54, 1.807) is 24.3 Å². The van der Waals surface area contributed by atoms with Crippen molar-refractivity contribution in [3.63, 3.8) is 0 Å². The van der Waals surface area contributed by atoms with E-state index >= 15 is 0 Å². The molecule has 0 saturated carbocycles. The van der Waals surface area contributed by atoms with Crippen molar-refractivity contribution in [1.82, 2.24) is 19.9 Å². The van der Waals surface area contributed by atoms with Gasteiger partial charge in [0.1, 0.15) is 35.1 Å². The molecule has 5 rings (SSSR count). The maximum absolute atomic E-state index is 14.4. The highest BCUT2D eigenvalue weighted by atomic mass is 19.1. The summed E-state index contributed by atoms with van der Waals surface area (Å²) in [5.74, 6) is -0.675. The summed E-state index contributed by atoms with van der Waals surface area (Å²) in [6.07, 6.45) is 3.43. The third-order valence-electron chi connectivity index (χ3n) is 6.07. The standard InChI is InChI=1S/C25H22F3N5O/c26-17-5-3-16(4-6-17)11-12-29-25(34)33-15-30-21-9-10-23(31-24(21)33)32-13-1-2-22(32)19-14-18(27)7-8-20(19)28/h3-10,14-15,22H,1-2,11-13H2,(H,29,34)/t22-/m1/s1. The highest BCUT2D eigenvalue weighted by Gasteiger charge is 2.30. The Morgan fingerprint density at radius 1 is 1.03 bits per heavy atom. The molecule has 0 aliphatic carbocycles. The lowest BCUT2D eigenvalue weighted by Gasteiger charge is -2.26. The normalized spacial score (nSPS) is 15.7. The summed E-state index contributed by atoms with van der Waals surface area (Å²) < 4.78 is 42.6. The summed E-state index contributed by atoms with van der Waals surface area (Å²) in [7, 11) is 0. The summed E-state index contributed by atoms with van der Waals surface area (Å²) in [6.45, 7) is 0.994. The predicted octanol–water partition coefficient (Wildman–Crippen LogP) is 4.99. The maximum atomic E-state index is 14.4. The van der Waals surface area contributed by atoms with Crippen LogP contribution in [0.25, 0.3) is 11.2 Å². The molecule has 2 aromatic heterocycles. The second kappa shape index (κ2) is 9.17. The number of imidazole rings is 1. The van der Waals surface area contributed by atoms with Crippen LogP contribution >= 0.6 is 0 Å². The average molecular weight is 465 g/mol. The van der Waals surface area contributed by atoms with Gasteiger partial charge in [-0.1, -0.05) is 12.1 Å². The fraction of sp³-hybridized carbons (Fsp3) is 0.240. The Hall–Kier alpha value is -3.88. The Morgan fingerprint density at radius 2 is 1.82 bits per heavy atom. The van der Waals surface area contributed by atoms with Crippen LogP contribution in [0, 0.1) is 17.5 Å². The van der Waals surface area contributed by atoms with Crippen LogP contribution < -0.4 is 10.2 Å². The molecular formula is C25H22F3N5O. The topological polar surface area (TPSA) is 63.1 Å². The van der Waals surface area contributed by atoms with Gasteiger partial charge in [-0.15, -0.1) is 0 Å². The first kappa shape index (κ1) is 21.9. The van der Waals surface area contributed by atoms with Gasteiger partial charge in [0.25, 0.3) is 0 Å². The van der Waals surface area contributed by atoms with E-state index in [1.807, 2.05) is 4.90 Å². The molecule has 0 spiro atoms. The number of hydrogen-bond donors (Lipinski definition) is 1. The number of hydrogen-bond acceptors (Lipinski definition) is 4. The molecule has 0 unspecified atom stereocenters. The van der Waals surface area contributed by atoms with E-state index < -0.39 is 11.6 Å². The summed E-state index contributed by atoms with van der Waals surface area (Å²) in [4.78, 5) is 23.6. The van der Waals surface area contributed by atoms with Crippen LogP contribution in [-0.2, 0) is 6.42 Å². The smallest absolute Gasteiger partial charge is 0.328 e. The van der Waals surface area contributed by atoms with Crippen LogP contribution in [0.2, 0.25) is 0 Å². The minimum atomic E-state index is -0.484. The zero-order valence-corrected chi connectivity index (χ0v) is 18.2. The van der Waals surface area contributed by atoms with Crippen molar-refractivity contribution in [2.75, 3.05) is 18.0 Å². The lowest BCUT2D eigenvalue weighted by Crippen LogP contribution is -2.30. The lowest BCUT2D eigenvalue weighted by atomic mass is 10.0. The maximum Gasteiger partial charge on any atom is 0.328 e. The van der Waals surface area contributed by atoms with Crippen LogP contribution in [0.1, 0.15) is 30.0 Å². The second-order valence-electron chi connectivity index (χ2n) is 8.25. The molecule has 1 aliphatic rings. The molecule has 34 heavy (non-hydrogen) atoms. The van der Waals surface area contributed by atoms with Gasteiger partial charge < -0.3 is 10.2 Å². The molecule has 1 N–H and O–H groups in total. The molecular weight excluding hydrogens is 443 g/mol. The first-order chi connectivity index (χ1) is 16.5. The number of carbonyl (C=O) groups excluding carboxylic acids is 1. The third kappa shape index (κ3) is 4.33. The zero-order valence-electron chi connectivity index (χ0n) is 18.2. The summed E-state index contributed by atoms with van der Waals surface area (Å²) >= 11 is 0. The SMILES string of the molecule is O=C(NCCc1ccc(F)cc1)n1cnc2ccc(N3CCC[C@@H]3c3cc(F)ccc3F)nc21. The molecule has 6 nitrogen and oxygen atoms in total. The first-order valence-electron chi connectivity index (χ1n) is 11.1. The Bertz CT molecular complexity index is 1340. The van der Waals surface area contributed by atoms with Crippen LogP contribution in [0.15, 0.2) is 60.9 Å². The highest BCUT2D eigenvalue weighted by Crippen LogP contribution is 2.37. The van der Waals surface area contributed by atoms with E-state index in [2.05, 4.69) is 15.3 Å². The van der Waals surface area contributed by atoms with Gasteiger partial charge in [-0.2, -0.15) is 0 Å². The van der Waals surface area contributed by atoms with Gasteiger partial charge in [0.2, 0.25) is 0 Å². The molecule has 1 saturated heterocycles. The summed E-state index contributed by atoms with van der Waals surface area (Å²) in [5.41, 5.74) is 2.13. The van der Waals surface area contributed by atoms with Crippen LogP contribution in [-0.4, -0.2) is 33.7 Å². The minimum absolute atomic E-state index is 0.298. The Balaban J connectivity index is 1.35. The Morgan fingerprint density at radius 3 is 2.65 bits per heavy atom. The number of pyridine rings is 1. The van der Waals surface area contributed by atoms with E-state index in [-0.39, 0.29) is 17.9 Å². The lowest BCUT2D eigenvalue weighted by molar-refractivity contribution is 0.243. The quantitative estimate of drug-likeness (QED) is 0.451. The van der Waals surface area contributed by atoms with Crippen molar-refractivity contribution in [3.05, 3.63) is 89.5 Å². The molecule has 4 aromatic rings. The van der Waals surface area contributed by atoms with Gasteiger partial charge in [-0.25, -0.2) is 32.5 Å². The van der Waals surface area contributed by atoms with Crippen LogP contribution in [0.4, 0.5) is 23.8 Å². The fourth-order valence-electron chi connectivity index (χ4n) is 4.38. The number of amides is 1. The molecule has 1 fully saturated rings. The molecule has 0 bridgehead atoms.